The zero-order chi connectivity index (χ0) is 98.6. The molecule has 141 heavy (non-hydrogen) atoms. The van der Waals surface area contributed by atoms with Gasteiger partial charge in [0, 0.05) is 94.2 Å². The maximum Gasteiger partial charge on any atom is 0.138 e. The van der Waals surface area contributed by atoms with E-state index in [1.54, 1.807) is 0 Å². The molecule has 0 fully saturated rings. The van der Waals surface area contributed by atoms with Crippen molar-refractivity contribution in [3.05, 3.63) is 475 Å². The molecule has 0 spiro atoms. The van der Waals surface area contributed by atoms with Crippen LogP contribution in [0.5, 0.6) is 0 Å². The van der Waals surface area contributed by atoms with Crippen LogP contribution in [0.1, 0.15) is 111 Å². The van der Waals surface area contributed by atoms with E-state index in [0.717, 1.165) is 55.8 Å². The summed E-state index contributed by atoms with van der Waals surface area (Å²) in [5, 5.41) is 25.8. The van der Waals surface area contributed by atoms with Crippen molar-refractivity contribution >= 4 is 205 Å². The second-order valence-corrected chi connectivity index (χ2v) is 40.7. The van der Waals surface area contributed by atoms with E-state index < -0.39 is 0 Å². The molecule has 7 heterocycles. The van der Waals surface area contributed by atoms with Crippen molar-refractivity contribution < 1.29 is 22.1 Å². The van der Waals surface area contributed by atoms with Crippen LogP contribution >= 0.6 is 22.7 Å². The van der Waals surface area contributed by atoms with Crippen molar-refractivity contribution in [2.45, 2.75) is 138 Å². The maximum absolute atomic E-state index is 5.86. The minimum atomic E-state index is 0.973. The Bertz CT molecular complexity index is 8720. The molecule has 0 saturated carbocycles. The van der Waals surface area contributed by atoms with Crippen molar-refractivity contribution in [3.63, 3.8) is 0 Å². The van der Waals surface area contributed by atoms with Crippen molar-refractivity contribution in [2.75, 3.05) is 0 Å². The lowest BCUT2D eigenvalue weighted by atomic mass is 10.0. The van der Waals surface area contributed by atoms with E-state index in [4.69, 9.17) is 22.1 Å². The third-order valence-corrected chi connectivity index (χ3v) is 28.6. The summed E-state index contributed by atoms with van der Waals surface area (Å²) in [6.07, 6.45) is 0. The Morgan fingerprint density at radius 2 is 0.369 bits per heavy atom. The van der Waals surface area contributed by atoms with Crippen LogP contribution in [-0.4, -0.2) is 0 Å². The van der Waals surface area contributed by atoms with Gasteiger partial charge in [0.2, 0.25) is 0 Å². The summed E-state index contributed by atoms with van der Waals surface area (Å²) in [5.74, 6) is 0. The molecule has 5 nitrogen and oxygen atoms in total. The van der Waals surface area contributed by atoms with Crippen molar-refractivity contribution in [3.8, 4) is 0 Å². The first kappa shape index (κ1) is 95.9. The maximum atomic E-state index is 5.86. The molecule has 0 atom stereocenters. The molecule has 0 bridgehead atoms. The molecule has 0 amide bonds. The molecule has 27 rings (SSSR count). The van der Waals surface area contributed by atoms with E-state index in [0.29, 0.717) is 0 Å². The SMILES string of the molecule is Cc1ccc(C)c2ccccc12.Cc1ccc2c(c1)oc1c(C)cccc12.Cc1ccc2c(c1)oc1cc(C)ccc12.Cc1ccc2c(c1)oc1ccc(C)cc12.Cc1ccc2c(c1)sc1ccc(C)cc12.Cc1ccc2cc(C)ccc2c1.Cc1ccc2ccc(C)cc2c1.Cc1ccc2oc3c(C)cccc3c2c1.Cc1ccc2oc3ccc(C)cc3c2c1.Cc1ccc2sc3ccc(C)cc3c2c1. The van der Waals surface area contributed by atoms with Crippen LogP contribution in [0, 0.1) is 138 Å². The first-order chi connectivity index (χ1) is 68.0. The average Bonchev–Trinajstić information content (AvgIpc) is 1.63. The highest BCUT2D eigenvalue weighted by Crippen LogP contribution is 2.40. The van der Waals surface area contributed by atoms with Gasteiger partial charge in [-0.1, -0.05) is 310 Å². The summed E-state index contributed by atoms with van der Waals surface area (Å²) in [6.45, 7) is 42.3. The van der Waals surface area contributed by atoms with E-state index in [1.807, 2.05) is 46.9 Å². The molecule has 7 aromatic heterocycles. The molecule has 0 radical (unpaired) electrons. The fourth-order valence-electron chi connectivity index (χ4n) is 18.7. The van der Waals surface area contributed by atoms with Crippen LogP contribution in [0.2, 0.25) is 0 Å². The van der Waals surface area contributed by atoms with Crippen molar-refractivity contribution in [1.29, 1.82) is 0 Å². The molecule has 0 aliphatic rings. The smallest absolute Gasteiger partial charge is 0.138 e. The topological polar surface area (TPSA) is 65.7 Å². The summed E-state index contributed by atoms with van der Waals surface area (Å²) in [4.78, 5) is 0. The molecule has 698 valence electrons. The Kier molecular flexibility index (Phi) is 28.4. The van der Waals surface area contributed by atoms with Gasteiger partial charge in [-0.3, -0.25) is 0 Å². The minimum Gasteiger partial charge on any atom is -0.456 e. The van der Waals surface area contributed by atoms with Gasteiger partial charge in [0.1, 0.15) is 55.8 Å². The van der Waals surface area contributed by atoms with Gasteiger partial charge in [0.15, 0.2) is 0 Å². The summed E-state index contributed by atoms with van der Waals surface area (Å²) in [5.41, 5.74) is 35.6. The van der Waals surface area contributed by atoms with Crippen LogP contribution in [0.4, 0.5) is 0 Å². The summed E-state index contributed by atoms with van der Waals surface area (Å²) in [6, 6.07) is 129. The van der Waals surface area contributed by atoms with Gasteiger partial charge < -0.3 is 22.1 Å². The first-order valence-electron chi connectivity index (χ1n) is 48.6. The van der Waals surface area contributed by atoms with Crippen LogP contribution in [0.3, 0.4) is 0 Å². The quantitative estimate of drug-likeness (QED) is 0.151. The average molecular weight is 1870 g/mol. The van der Waals surface area contributed by atoms with Gasteiger partial charge in [-0.2, -0.15) is 0 Å². The molecule has 0 saturated heterocycles. The lowest BCUT2D eigenvalue weighted by molar-refractivity contribution is 0.665. The Morgan fingerprint density at radius 3 is 0.773 bits per heavy atom. The van der Waals surface area contributed by atoms with E-state index in [2.05, 4.69) is 478 Å². The Hall–Kier alpha value is -15.4. The number of aryl methyl sites for hydroxylation is 20. The molecule has 0 N–H and O–H groups in total. The molecule has 0 aliphatic heterocycles. The van der Waals surface area contributed by atoms with Gasteiger partial charge in [0.25, 0.3) is 0 Å². The standard InChI is InChI=1S/5C14H12O.2C14H12S.3C12H12/c1-9-4-6-13-12(7-9)11-5-3-10(2)8-14(11)15-13;1-9-3-5-13-11(7-9)12-8-10(2)4-6-14(12)15-13;1-9-3-5-11-12-6-4-10(2)8-14(12)15-13(11)7-9;1-9-6-7-11-12-5-3-4-10(2)14(12)15-13(11)8-9;1-9-6-7-13-12(8-9)11-5-3-4-10(2)14(11)15-13;1-9-4-6-13-12(7-9)11-5-3-10(2)8-14(11)15-13;1-9-3-5-13-11(7-9)12-8-10(2)4-6-14(12)15-13;1-9-3-5-12-8-10(2)4-6-11(12)7-9;1-9-3-5-11-6-4-10(2)8-12(11)7-9;1-9-7-8-10(2)12-6-4-3-5-11(9)12/h7*3-8H,1-2H3;3*3-8H,1-2H3. The van der Waals surface area contributed by atoms with E-state index in [1.165, 1.54) is 238 Å². The molecule has 0 unspecified atom stereocenters. The van der Waals surface area contributed by atoms with Crippen LogP contribution in [0.25, 0.3) is 182 Å². The van der Waals surface area contributed by atoms with Gasteiger partial charge >= 0.3 is 0 Å². The first-order valence-corrected chi connectivity index (χ1v) is 50.3. The molecular weight excluding hydrogens is 1750 g/mol. The van der Waals surface area contributed by atoms with Gasteiger partial charge in [-0.15, -0.1) is 22.7 Å². The predicted molar refractivity (Wildman–Crippen MR) is 614 cm³/mol. The van der Waals surface area contributed by atoms with Crippen LogP contribution in [0.15, 0.2) is 386 Å². The second-order valence-electron chi connectivity index (χ2n) is 38.6. The Balaban J connectivity index is 0.000000104. The zero-order valence-corrected chi connectivity index (χ0v) is 86.1. The highest BCUT2D eigenvalue weighted by atomic mass is 32.1. The molecule has 0 aliphatic carbocycles. The number of hydrogen-bond acceptors (Lipinski definition) is 7. The lowest BCUT2D eigenvalue weighted by Crippen LogP contribution is -1.80. The molecule has 20 aromatic carbocycles. The van der Waals surface area contributed by atoms with Crippen LogP contribution < -0.4 is 0 Å². The molecule has 27 aromatic rings. The zero-order valence-electron chi connectivity index (χ0n) is 84.5. The monoisotopic (exact) mass is 1870 g/mol. The number of thiophene rings is 2. The molecule has 7 heteroatoms. The van der Waals surface area contributed by atoms with E-state index in [-0.39, 0.29) is 0 Å². The fraction of sp³-hybridized carbons (Fsp3) is 0.149. The lowest BCUT2D eigenvalue weighted by Gasteiger charge is -2.03. The third kappa shape index (κ3) is 21.9. The van der Waals surface area contributed by atoms with Gasteiger partial charge in [-0.25, -0.2) is 0 Å². The van der Waals surface area contributed by atoms with Gasteiger partial charge in [0.05, 0.1) is 0 Å². The molecular formula is C134H120O5S2. The van der Waals surface area contributed by atoms with Crippen molar-refractivity contribution in [2.24, 2.45) is 0 Å². The largest absolute Gasteiger partial charge is 0.456 e. The minimum absolute atomic E-state index is 0.973. The summed E-state index contributed by atoms with van der Waals surface area (Å²) in [7, 11) is 0. The van der Waals surface area contributed by atoms with E-state index in [9.17, 15) is 0 Å². The second kappa shape index (κ2) is 41.7. The highest BCUT2D eigenvalue weighted by molar-refractivity contribution is 7.26. The number of benzene rings is 20. The van der Waals surface area contributed by atoms with Crippen LogP contribution in [-0.2, 0) is 0 Å². The number of para-hydroxylation sites is 2. The predicted octanol–water partition coefficient (Wildman–Crippen LogP) is 40.7. The number of rotatable bonds is 0. The summed E-state index contributed by atoms with van der Waals surface area (Å²) >= 11 is 3.76. The number of furan rings is 5. The fourth-order valence-corrected chi connectivity index (χ4v) is 20.9. The van der Waals surface area contributed by atoms with E-state index >= 15 is 0 Å². The summed E-state index contributed by atoms with van der Waals surface area (Å²) < 4.78 is 34.6. The number of hydrogen-bond donors (Lipinski definition) is 0. The Labute approximate surface area is 834 Å². The normalized spacial score (nSPS) is 11.1. The van der Waals surface area contributed by atoms with Gasteiger partial charge in [-0.05, 0) is 336 Å². The highest BCUT2D eigenvalue weighted by Gasteiger charge is 2.15. The van der Waals surface area contributed by atoms with Crippen molar-refractivity contribution in [1.82, 2.24) is 0 Å². The number of fused-ring (bicyclic) bond motifs is 24. The third-order valence-electron chi connectivity index (χ3n) is 26.3. The Morgan fingerprint density at radius 1 is 0.128 bits per heavy atom.